The Balaban J connectivity index is 1.91. The molecule has 1 heterocycles. The zero-order valence-electron chi connectivity index (χ0n) is 11.5. The molecule has 104 valence electrons. The lowest BCUT2D eigenvalue weighted by molar-refractivity contribution is 0.608. The lowest BCUT2D eigenvalue weighted by Crippen LogP contribution is -1.88. The van der Waals surface area contributed by atoms with Crippen molar-refractivity contribution in [2.45, 2.75) is 56.2 Å². The van der Waals surface area contributed by atoms with Crippen molar-refractivity contribution >= 4 is 33.5 Å². The van der Waals surface area contributed by atoms with Gasteiger partial charge in [-0.15, -0.1) is 11.3 Å². The highest BCUT2D eigenvalue weighted by atomic mass is 32.2. The Hall–Kier alpha value is -0.580. The van der Waals surface area contributed by atoms with Crippen LogP contribution in [-0.4, -0.2) is 4.98 Å². The SMILES string of the molecule is CCCCCCCCc1cccc2sc(SN)nc12. The Labute approximate surface area is 123 Å². The van der Waals surface area contributed by atoms with Crippen LogP contribution < -0.4 is 5.14 Å². The van der Waals surface area contributed by atoms with Crippen molar-refractivity contribution in [3.05, 3.63) is 23.8 Å². The molecular weight excluding hydrogens is 272 g/mol. The van der Waals surface area contributed by atoms with E-state index < -0.39 is 0 Å². The van der Waals surface area contributed by atoms with Crippen LogP contribution in [0.2, 0.25) is 0 Å². The molecule has 0 aliphatic carbocycles. The molecule has 19 heavy (non-hydrogen) atoms. The van der Waals surface area contributed by atoms with Crippen LogP contribution in [-0.2, 0) is 6.42 Å². The third kappa shape index (κ3) is 4.20. The van der Waals surface area contributed by atoms with E-state index in [-0.39, 0.29) is 0 Å². The van der Waals surface area contributed by atoms with Crippen LogP contribution in [0.5, 0.6) is 0 Å². The van der Waals surface area contributed by atoms with Crippen LogP contribution in [0.1, 0.15) is 51.0 Å². The van der Waals surface area contributed by atoms with Gasteiger partial charge < -0.3 is 0 Å². The van der Waals surface area contributed by atoms with E-state index in [0.29, 0.717) is 0 Å². The van der Waals surface area contributed by atoms with Crippen LogP contribution in [0.25, 0.3) is 10.2 Å². The van der Waals surface area contributed by atoms with Crippen molar-refractivity contribution in [3.8, 4) is 0 Å². The first-order chi connectivity index (χ1) is 9.35. The molecule has 0 unspecified atom stereocenters. The quantitative estimate of drug-likeness (QED) is 0.539. The van der Waals surface area contributed by atoms with Gasteiger partial charge in [-0.3, -0.25) is 5.14 Å². The summed E-state index contributed by atoms with van der Waals surface area (Å²) in [5, 5.41) is 5.60. The molecule has 0 radical (unpaired) electrons. The predicted octanol–water partition coefficient (Wildman–Crippen LogP) is 5.17. The molecule has 2 rings (SSSR count). The number of para-hydroxylation sites is 1. The third-order valence-corrected chi connectivity index (χ3v) is 5.03. The molecule has 0 amide bonds. The Morgan fingerprint density at radius 2 is 1.95 bits per heavy atom. The summed E-state index contributed by atoms with van der Waals surface area (Å²) in [4.78, 5) is 4.62. The Morgan fingerprint density at radius 1 is 1.16 bits per heavy atom. The van der Waals surface area contributed by atoms with Crippen molar-refractivity contribution in [1.82, 2.24) is 4.98 Å². The van der Waals surface area contributed by atoms with E-state index in [2.05, 4.69) is 30.1 Å². The Bertz CT molecular complexity index is 508. The van der Waals surface area contributed by atoms with Gasteiger partial charge in [-0.25, -0.2) is 4.98 Å². The van der Waals surface area contributed by atoms with E-state index in [4.69, 9.17) is 5.14 Å². The molecule has 0 saturated heterocycles. The molecule has 2 aromatic rings. The normalized spacial score (nSPS) is 11.3. The molecule has 0 saturated carbocycles. The first-order valence-electron chi connectivity index (χ1n) is 7.10. The standard InChI is InChI=1S/C15H22N2S2/c1-2-3-4-5-6-7-9-12-10-8-11-13-14(12)17-15(18-13)19-16/h8,10-11H,2-7,9,16H2,1H3. The van der Waals surface area contributed by atoms with Gasteiger partial charge in [0.25, 0.3) is 0 Å². The predicted molar refractivity (Wildman–Crippen MR) is 86.7 cm³/mol. The summed E-state index contributed by atoms with van der Waals surface area (Å²) in [6, 6.07) is 6.48. The fourth-order valence-corrected chi connectivity index (χ4v) is 3.68. The molecule has 2 nitrogen and oxygen atoms in total. The molecule has 4 heteroatoms. The number of hydrogen-bond donors (Lipinski definition) is 1. The summed E-state index contributed by atoms with van der Waals surface area (Å²) < 4.78 is 2.22. The second-order valence-corrected chi connectivity index (χ2v) is 6.79. The minimum absolute atomic E-state index is 0.963. The lowest BCUT2D eigenvalue weighted by atomic mass is 10.0. The number of hydrogen-bond acceptors (Lipinski definition) is 4. The maximum absolute atomic E-state index is 5.60. The van der Waals surface area contributed by atoms with Gasteiger partial charge in [0.1, 0.15) is 0 Å². The topological polar surface area (TPSA) is 38.9 Å². The second-order valence-electron chi connectivity index (χ2n) is 4.88. The summed E-state index contributed by atoms with van der Waals surface area (Å²) in [7, 11) is 0. The summed E-state index contributed by atoms with van der Waals surface area (Å²) in [5.74, 6) is 0. The van der Waals surface area contributed by atoms with E-state index in [1.54, 1.807) is 11.3 Å². The van der Waals surface area contributed by atoms with Gasteiger partial charge in [-0.05, 0) is 36.4 Å². The minimum atomic E-state index is 0.963. The summed E-state index contributed by atoms with van der Waals surface area (Å²) in [6.45, 7) is 2.26. The monoisotopic (exact) mass is 294 g/mol. The van der Waals surface area contributed by atoms with E-state index in [0.717, 1.165) is 16.3 Å². The van der Waals surface area contributed by atoms with E-state index in [9.17, 15) is 0 Å². The molecule has 0 aliphatic heterocycles. The fraction of sp³-hybridized carbons (Fsp3) is 0.533. The summed E-state index contributed by atoms with van der Waals surface area (Å²) in [5.41, 5.74) is 2.54. The zero-order chi connectivity index (χ0) is 13.5. The molecule has 1 aromatic carbocycles. The second kappa shape index (κ2) is 7.88. The van der Waals surface area contributed by atoms with E-state index in [1.807, 2.05) is 0 Å². The highest BCUT2D eigenvalue weighted by Gasteiger charge is 2.07. The molecule has 1 aromatic heterocycles. The number of nitrogens with zero attached hydrogens (tertiary/aromatic N) is 1. The van der Waals surface area contributed by atoms with Crippen LogP contribution in [0.15, 0.2) is 22.5 Å². The van der Waals surface area contributed by atoms with Crippen molar-refractivity contribution in [2.24, 2.45) is 5.14 Å². The molecule has 0 aliphatic rings. The highest BCUT2D eigenvalue weighted by molar-refractivity contribution is 7.99. The highest BCUT2D eigenvalue weighted by Crippen LogP contribution is 2.29. The zero-order valence-corrected chi connectivity index (χ0v) is 13.2. The van der Waals surface area contributed by atoms with E-state index in [1.165, 1.54) is 60.7 Å². The maximum atomic E-state index is 5.60. The number of aryl methyl sites for hydroxylation is 1. The first kappa shape index (κ1) is 14.8. The van der Waals surface area contributed by atoms with Crippen molar-refractivity contribution < 1.29 is 0 Å². The Morgan fingerprint density at radius 3 is 2.74 bits per heavy atom. The van der Waals surface area contributed by atoms with Gasteiger partial charge >= 0.3 is 0 Å². The largest absolute Gasteiger partial charge is 0.272 e. The molecule has 2 N–H and O–H groups in total. The molecule has 0 fully saturated rings. The average molecular weight is 294 g/mol. The summed E-state index contributed by atoms with van der Waals surface area (Å²) in [6.07, 6.45) is 9.18. The van der Waals surface area contributed by atoms with Crippen LogP contribution >= 0.6 is 23.3 Å². The van der Waals surface area contributed by atoms with Gasteiger partial charge in [0.15, 0.2) is 4.34 Å². The van der Waals surface area contributed by atoms with Crippen LogP contribution in [0.4, 0.5) is 0 Å². The van der Waals surface area contributed by atoms with Crippen molar-refractivity contribution in [3.63, 3.8) is 0 Å². The average Bonchev–Trinajstić information content (AvgIpc) is 2.86. The number of unbranched alkanes of at least 4 members (excludes halogenated alkanes) is 5. The number of thiazole rings is 1. The number of rotatable bonds is 8. The van der Waals surface area contributed by atoms with Gasteiger partial charge in [-0.2, -0.15) is 0 Å². The first-order valence-corrected chi connectivity index (χ1v) is 8.80. The molecule has 0 atom stereocenters. The van der Waals surface area contributed by atoms with E-state index >= 15 is 0 Å². The van der Waals surface area contributed by atoms with Crippen LogP contribution in [0, 0.1) is 0 Å². The van der Waals surface area contributed by atoms with Crippen molar-refractivity contribution in [1.29, 1.82) is 0 Å². The molecular formula is C15H22N2S2. The van der Waals surface area contributed by atoms with Gasteiger partial charge in [-0.1, -0.05) is 51.2 Å². The van der Waals surface area contributed by atoms with Gasteiger partial charge in [0, 0.05) is 0 Å². The molecule has 0 spiro atoms. The summed E-state index contributed by atoms with van der Waals surface area (Å²) >= 11 is 2.94. The smallest absolute Gasteiger partial charge is 0.165 e. The van der Waals surface area contributed by atoms with Crippen molar-refractivity contribution in [2.75, 3.05) is 0 Å². The number of aromatic nitrogens is 1. The lowest BCUT2D eigenvalue weighted by Gasteiger charge is -2.02. The third-order valence-electron chi connectivity index (χ3n) is 3.38. The van der Waals surface area contributed by atoms with Crippen LogP contribution in [0.3, 0.4) is 0 Å². The van der Waals surface area contributed by atoms with Gasteiger partial charge in [0.05, 0.1) is 10.2 Å². The fourth-order valence-electron chi connectivity index (χ4n) is 2.33. The Kier molecular flexibility index (Phi) is 6.14. The minimum Gasteiger partial charge on any atom is -0.272 e. The molecule has 0 bridgehead atoms. The maximum Gasteiger partial charge on any atom is 0.165 e. The number of nitrogens with two attached hydrogens (primary N) is 1. The number of benzene rings is 1. The number of fused-ring (bicyclic) bond motifs is 1. The van der Waals surface area contributed by atoms with Gasteiger partial charge in [0.2, 0.25) is 0 Å².